The third-order valence-corrected chi connectivity index (χ3v) is 0.607. The van der Waals surface area contributed by atoms with Crippen molar-refractivity contribution in [2.45, 2.75) is 0 Å². The first kappa shape index (κ1) is 8.58. The normalized spacial score (nSPS) is 6.89. The van der Waals surface area contributed by atoms with E-state index in [1.165, 1.54) is 0 Å². The molecule has 0 fully saturated rings. The Balaban J connectivity index is 0.000000187. The zero-order valence-corrected chi connectivity index (χ0v) is 6.96. The van der Waals surface area contributed by atoms with Crippen molar-refractivity contribution < 1.29 is 24.6 Å². The van der Waals surface area contributed by atoms with Crippen molar-refractivity contribution in [2.24, 2.45) is 0 Å². The van der Waals surface area contributed by atoms with E-state index in [1.807, 2.05) is 30.3 Å². The van der Waals surface area contributed by atoms with E-state index in [0.29, 0.717) is 0 Å². The molecule has 0 bridgehead atoms. The molecule has 0 N–H and O–H groups in total. The summed E-state index contributed by atoms with van der Waals surface area (Å²) in [6.07, 6.45) is 0. The molecule has 0 unspecified atom stereocenters. The van der Waals surface area contributed by atoms with Crippen LogP contribution >= 0.6 is 0 Å². The molecule has 0 heterocycles. The number of carbonyl (C=O) groups is 1. The molecule has 1 rings (SSSR count). The van der Waals surface area contributed by atoms with Crippen LogP contribution in [-0.4, -0.2) is 4.68 Å². The number of hydrogen-bond acceptors (Lipinski definition) is 1. The predicted octanol–water partition coefficient (Wildman–Crippen LogP) is 1.21. The van der Waals surface area contributed by atoms with E-state index in [-0.39, 0.29) is 0 Å². The first-order chi connectivity index (χ1) is 4.41. The Hall–Kier alpha value is -0.422. The largest absolute Gasteiger partial charge is 0.0622 e. The van der Waals surface area contributed by atoms with E-state index < -0.39 is 0 Å². The summed E-state index contributed by atoms with van der Waals surface area (Å²) in [5, 5.41) is 0. The van der Waals surface area contributed by atoms with Gasteiger partial charge in [-0.25, -0.2) is 0 Å². The van der Waals surface area contributed by atoms with Crippen molar-refractivity contribution in [1.82, 2.24) is 0 Å². The molecule has 1 aromatic rings. The molecule has 1 aromatic carbocycles. The summed E-state index contributed by atoms with van der Waals surface area (Å²) in [4.78, 5) is 8.79. The van der Waals surface area contributed by atoms with Crippen molar-refractivity contribution >= 4 is 4.68 Å². The molecule has 0 aromatic heterocycles. The molecule has 50 valence electrons. The van der Waals surface area contributed by atoms with Gasteiger partial charge in [0.05, 0.1) is 0 Å². The molecule has 1 radical (unpaired) electrons. The minimum Gasteiger partial charge on any atom is -0.0622 e. The van der Waals surface area contributed by atoms with E-state index in [2.05, 4.69) is 6.07 Å². The topological polar surface area (TPSA) is 17.1 Å². The molecule has 0 amide bonds. The van der Waals surface area contributed by atoms with Gasteiger partial charge in [0.2, 0.25) is 0 Å². The van der Waals surface area contributed by atoms with E-state index >= 15 is 0 Å². The molecule has 0 aliphatic rings. The van der Waals surface area contributed by atoms with Crippen molar-refractivity contribution in [3.8, 4) is 0 Å². The summed E-state index contributed by atoms with van der Waals surface area (Å²) in [7, 11) is 0. The van der Waals surface area contributed by atoms with Gasteiger partial charge in [-0.15, -0.1) is 0 Å². The van der Waals surface area contributed by atoms with Crippen LogP contribution in [0.3, 0.4) is 0 Å². The minimum absolute atomic E-state index is 0.722. The number of benzene rings is 1. The molecule has 0 atom stereocenters. The summed E-state index contributed by atoms with van der Waals surface area (Å²) in [5.74, 6) is 0. The summed E-state index contributed by atoms with van der Waals surface area (Å²) in [6, 6.07) is 12.5. The van der Waals surface area contributed by atoms with Gasteiger partial charge in [-0.05, 0) is 6.07 Å². The first-order valence-corrected chi connectivity index (χ1v) is 3.64. The van der Waals surface area contributed by atoms with Crippen LogP contribution in [0.1, 0.15) is 0 Å². The monoisotopic (exact) mass is 301 g/mol. The zero-order valence-electron chi connectivity index (χ0n) is 4.69. The van der Waals surface area contributed by atoms with Gasteiger partial charge in [-0.2, -0.15) is 0 Å². The third-order valence-electron chi connectivity index (χ3n) is 0.607. The van der Waals surface area contributed by atoms with Crippen molar-refractivity contribution in [1.29, 1.82) is 0 Å². The van der Waals surface area contributed by atoms with Gasteiger partial charge >= 0.3 is 29.3 Å². The van der Waals surface area contributed by atoms with Gasteiger partial charge < -0.3 is 0 Å². The molecule has 1 nitrogen and oxygen atoms in total. The molecular weight excluding hydrogens is 295 g/mol. The average molecular weight is 301 g/mol. The van der Waals surface area contributed by atoms with E-state index in [9.17, 15) is 0 Å². The molecular formula is C7H6OPt. The van der Waals surface area contributed by atoms with Gasteiger partial charge in [0.25, 0.3) is 0 Å². The number of carbonyl (C=O) groups excluding carboxylic acids is 1. The second-order valence-corrected chi connectivity index (χ2v) is 1.69. The maximum absolute atomic E-state index is 8.79. The maximum atomic E-state index is 8.79. The molecule has 2 heteroatoms. The van der Waals surface area contributed by atoms with Gasteiger partial charge in [-0.1, -0.05) is 30.3 Å². The van der Waals surface area contributed by atoms with E-state index in [0.717, 1.165) is 4.68 Å². The summed E-state index contributed by atoms with van der Waals surface area (Å²) >= 11 is 1.60. The van der Waals surface area contributed by atoms with Crippen LogP contribution in [0.2, 0.25) is 0 Å². The zero-order chi connectivity index (χ0) is 6.95. The van der Waals surface area contributed by atoms with Crippen LogP contribution in [0.25, 0.3) is 0 Å². The van der Waals surface area contributed by atoms with Crippen LogP contribution in [0.15, 0.2) is 30.3 Å². The smallest absolute Gasteiger partial charge is 0.0184 e. The van der Waals surface area contributed by atoms with Gasteiger partial charge in [0.15, 0.2) is 0 Å². The summed E-state index contributed by atoms with van der Waals surface area (Å²) in [5.41, 5.74) is 0. The summed E-state index contributed by atoms with van der Waals surface area (Å²) < 4.78 is 0.722. The minimum atomic E-state index is 0.722. The Labute approximate surface area is 66.0 Å². The Morgan fingerprint density at radius 1 is 1.22 bits per heavy atom. The molecule has 0 aliphatic heterocycles. The summed E-state index contributed by atoms with van der Waals surface area (Å²) in [6.45, 7) is 0. The fourth-order valence-corrected chi connectivity index (χ4v) is 0.342. The van der Waals surface area contributed by atoms with Crippen LogP contribution in [0.5, 0.6) is 0 Å². The predicted molar refractivity (Wildman–Crippen MR) is 32.0 cm³/mol. The molecule has 9 heavy (non-hydrogen) atoms. The molecule has 0 saturated heterocycles. The van der Waals surface area contributed by atoms with E-state index in [1.54, 1.807) is 19.8 Å². The van der Waals surface area contributed by atoms with Crippen molar-refractivity contribution in [2.75, 3.05) is 0 Å². The fraction of sp³-hybridized carbons (Fsp3) is 0. The van der Waals surface area contributed by atoms with Crippen LogP contribution in [0.4, 0.5) is 0 Å². The van der Waals surface area contributed by atoms with Crippen LogP contribution in [0, 0.1) is 6.07 Å². The quantitative estimate of drug-likeness (QED) is 0.658. The average Bonchev–Trinajstić information content (AvgIpc) is 1.93. The Bertz CT molecular complexity index is 112. The molecule has 0 spiro atoms. The fourth-order valence-electron chi connectivity index (χ4n) is 0.342. The molecule has 0 saturated carbocycles. The Morgan fingerprint density at radius 3 is 1.78 bits per heavy atom. The second-order valence-electron chi connectivity index (χ2n) is 1.15. The molecule has 0 aliphatic carbocycles. The van der Waals surface area contributed by atoms with Crippen molar-refractivity contribution in [3.63, 3.8) is 0 Å². The van der Waals surface area contributed by atoms with Gasteiger partial charge in [0, 0.05) is 0 Å². The standard InChI is InChI=1S/C6H5.CHO.Pt/c1-2-4-6-5-3-1;1-2;/h1-5H;1H;. The van der Waals surface area contributed by atoms with Gasteiger partial charge in [0.1, 0.15) is 0 Å². The van der Waals surface area contributed by atoms with Gasteiger partial charge in [-0.3, -0.25) is 0 Å². The van der Waals surface area contributed by atoms with Crippen LogP contribution in [-0.2, 0) is 24.6 Å². The van der Waals surface area contributed by atoms with Crippen LogP contribution < -0.4 is 0 Å². The van der Waals surface area contributed by atoms with E-state index in [4.69, 9.17) is 4.79 Å². The number of hydrogen-bond donors (Lipinski definition) is 0. The number of rotatable bonds is 0. The second kappa shape index (κ2) is 7.58. The maximum Gasteiger partial charge on any atom is -0.0184 e. The Kier molecular flexibility index (Phi) is 7.22. The Morgan fingerprint density at radius 2 is 1.67 bits per heavy atom. The SMILES string of the molecule is O=[CH][Pt].[c]1ccccc1. The third kappa shape index (κ3) is 7.58. The van der Waals surface area contributed by atoms with Crippen molar-refractivity contribution in [3.05, 3.63) is 36.4 Å². The first-order valence-electron chi connectivity index (χ1n) is 2.33.